The van der Waals surface area contributed by atoms with Crippen molar-refractivity contribution in [1.29, 1.82) is 0 Å². The first kappa shape index (κ1) is 16.5. The number of amides is 1. The van der Waals surface area contributed by atoms with E-state index in [2.05, 4.69) is 0 Å². The van der Waals surface area contributed by atoms with Gasteiger partial charge in [0.15, 0.2) is 0 Å². The summed E-state index contributed by atoms with van der Waals surface area (Å²) >= 11 is 0. The molecule has 0 fully saturated rings. The van der Waals surface area contributed by atoms with E-state index in [9.17, 15) is 9.90 Å². The van der Waals surface area contributed by atoms with Gasteiger partial charge in [0.05, 0.1) is 6.54 Å². The van der Waals surface area contributed by atoms with Gasteiger partial charge >= 0.3 is 0 Å². The van der Waals surface area contributed by atoms with Gasteiger partial charge in [-0.05, 0) is 31.7 Å². The highest BCUT2D eigenvalue weighted by molar-refractivity contribution is 5.77. The molecule has 5 heteroatoms. The van der Waals surface area contributed by atoms with Crippen LogP contribution in [0.3, 0.4) is 0 Å². The van der Waals surface area contributed by atoms with Gasteiger partial charge in [0.2, 0.25) is 5.91 Å². The summed E-state index contributed by atoms with van der Waals surface area (Å²) in [6, 6.07) is 7.69. The number of carbonyl (C=O) groups excluding carboxylic acids is 1. The average molecular weight is 280 g/mol. The highest BCUT2D eigenvalue weighted by Crippen LogP contribution is 2.12. The normalized spacial score (nSPS) is 12.3. The van der Waals surface area contributed by atoms with E-state index in [-0.39, 0.29) is 19.1 Å². The van der Waals surface area contributed by atoms with Crippen LogP contribution in [0.15, 0.2) is 24.3 Å². The van der Waals surface area contributed by atoms with Crippen LogP contribution in [0.25, 0.3) is 0 Å². The van der Waals surface area contributed by atoms with E-state index in [1.165, 1.54) is 4.90 Å². The molecule has 0 aliphatic heterocycles. The molecule has 1 atom stereocenters. The number of ether oxygens (including phenoxy) is 1. The van der Waals surface area contributed by atoms with Crippen molar-refractivity contribution in [3.05, 3.63) is 29.8 Å². The Morgan fingerprint density at radius 1 is 1.35 bits per heavy atom. The minimum absolute atomic E-state index is 0.0132. The summed E-state index contributed by atoms with van der Waals surface area (Å²) in [5.74, 6) is 0.760. The van der Waals surface area contributed by atoms with E-state index in [1.807, 2.05) is 31.2 Å². The second-order valence-electron chi connectivity index (χ2n) is 5.27. The summed E-state index contributed by atoms with van der Waals surface area (Å²) in [5, 5.41) is 9.91. The molecule has 0 aliphatic carbocycles. The first-order chi connectivity index (χ1) is 9.38. The Kier molecular flexibility index (Phi) is 6.48. The molecule has 112 valence electrons. The summed E-state index contributed by atoms with van der Waals surface area (Å²) in [6.45, 7) is 2.88. The molecule has 1 aromatic carbocycles. The number of aliphatic hydroxyl groups excluding tert-OH is 1. The van der Waals surface area contributed by atoms with E-state index >= 15 is 0 Å². The first-order valence-corrected chi connectivity index (χ1v) is 6.64. The van der Waals surface area contributed by atoms with Gasteiger partial charge in [0.25, 0.3) is 0 Å². The molecule has 0 saturated heterocycles. The average Bonchev–Trinajstić information content (AvgIpc) is 2.36. The molecule has 1 amide bonds. The van der Waals surface area contributed by atoms with Crippen LogP contribution in [0.1, 0.15) is 5.56 Å². The number of carbonyl (C=O) groups is 1. The van der Waals surface area contributed by atoms with Crippen LogP contribution in [0.2, 0.25) is 0 Å². The third-order valence-electron chi connectivity index (χ3n) is 2.86. The highest BCUT2D eigenvalue weighted by atomic mass is 16.5. The van der Waals surface area contributed by atoms with Crippen LogP contribution < -0.4 is 4.74 Å². The van der Waals surface area contributed by atoms with Gasteiger partial charge in [0, 0.05) is 20.6 Å². The monoisotopic (exact) mass is 280 g/mol. The second-order valence-corrected chi connectivity index (χ2v) is 5.27. The number of aryl methyl sites for hydroxylation is 1. The molecule has 0 heterocycles. The molecule has 0 bridgehead atoms. The van der Waals surface area contributed by atoms with Crippen molar-refractivity contribution in [2.75, 3.05) is 40.8 Å². The molecule has 5 nitrogen and oxygen atoms in total. The third kappa shape index (κ3) is 6.04. The predicted molar refractivity (Wildman–Crippen MR) is 78.9 cm³/mol. The van der Waals surface area contributed by atoms with Gasteiger partial charge in [0.1, 0.15) is 18.5 Å². The molecule has 0 spiro atoms. The van der Waals surface area contributed by atoms with Gasteiger partial charge in [-0.2, -0.15) is 0 Å². The van der Waals surface area contributed by atoms with Crippen LogP contribution >= 0.6 is 0 Å². The number of hydrogen-bond acceptors (Lipinski definition) is 4. The zero-order chi connectivity index (χ0) is 15.1. The van der Waals surface area contributed by atoms with Gasteiger partial charge in [-0.25, -0.2) is 0 Å². The summed E-state index contributed by atoms with van der Waals surface area (Å²) in [5.41, 5.74) is 1.12. The lowest BCUT2D eigenvalue weighted by Gasteiger charge is -2.22. The lowest BCUT2D eigenvalue weighted by molar-refractivity contribution is -0.129. The minimum atomic E-state index is -0.629. The molecular weight excluding hydrogens is 256 g/mol. The van der Waals surface area contributed by atoms with Crippen molar-refractivity contribution >= 4 is 5.91 Å². The van der Waals surface area contributed by atoms with Crippen molar-refractivity contribution in [3.63, 3.8) is 0 Å². The van der Waals surface area contributed by atoms with Crippen LogP contribution in [0.4, 0.5) is 0 Å². The van der Waals surface area contributed by atoms with Crippen molar-refractivity contribution in [1.82, 2.24) is 9.80 Å². The summed E-state index contributed by atoms with van der Waals surface area (Å²) in [4.78, 5) is 14.8. The van der Waals surface area contributed by atoms with Crippen molar-refractivity contribution < 1.29 is 14.6 Å². The van der Waals surface area contributed by atoms with Crippen LogP contribution in [-0.4, -0.2) is 67.8 Å². The predicted octanol–water partition coefficient (Wildman–Crippen LogP) is 0.755. The second kappa shape index (κ2) is 7.87. The van der Waals surface area contributed by atoms with E-state index in [1.54, 1.807) is 26.0 Å². The van der Waals surface area contributed by atoms with Gasteiger partial charge in [-0.3, -0.25) is 9.69 Å². The van der Waals surface area contributed by atoms with E-state index in [0.717, 1.165) is 11.3 Å². The Balaban J connectivity index is 2.32. The SMILES string of the molecule is Cc1cccc(OCC(O)CN(C)CC(=O)N(C)C)c1. The van der Waals surface area contributed by atoms with Crippen LogP contribution in [0, 0.1) is 6.92 Å². The van der Waals surface area contributed by atoms with Gasteiger partial charge < -0.3 is 14.7 Å². The molecule has 0 radical (unpaired) electrons. The number of rotatable bonds is 7. The number of benzene rings is 1. The van der Waals surface area contributed by atoms with E-state index in [4.69, 9.17) is 4.74 Å². The van der Waals surface area contributed by atoms with Crippen LogP contribution in [-0.2, 0) is 4.79 Å². The zero-order valence-electron chi connectivity index (χ0n) is 12.7. The molecule has 0 saturated carbocycles. The maximum Gasteiger partial charge on any atom is 0.236 e. The Morgan fingerprint density at radius 3 is 2.65 bits per heavy atom. The largest absolute Gasteiger partial charge is 0.491 e. The Morgan fingerprint density at radius 2 is 2.05 bits per heavy atom. The molecule has 1 N–H and O–H groups in total. The van der Waals surface area contributed by atoms with Crippen LogP contribution in [0.5, 0.6) is 5.75 Å². The van der Waals surface area contributed by atoms with Gasteiger partial charge in [-0.15, -0.1) is 0 Å². The number of nitrogens with zero attached hydrogens (tertiary/aromatic N) is 2. The molecule has 1 unspecified atom stereocenters. The fourth-order valence-electron chi connectivity index (χ4n) is 1.75. The fraction of sp³-hybridized carbons (Fsp3) is 0.533. The van der Waals surface area contributed by atoms with E-state index < -0.39 is 6.10 Å². The number of hydrogen-bond donors (Lipinski definition) is 1. The summed E-state index contributed by atoms with van der Waals surface area (Å²) in [7, 11) is 5.23. The van der Waals surface area contributed by atoms with Gasteiger partial charge in [-0.1, -0.05) is 12.1 Å². The molecule has 0 aromatic heterocycles. The quantitative estimate of drug-likeness (QED) is 0.801. The smallest absolute Gasteiger partial charge is 0.236 e. The maximum atomic E-state index is 11.5. The van der Waals surface area contributed by atoms with Crippen molar-refractivity contribution in [2.24, 2.45) is 0 Å². The number of aliphatic hydroxyl groups is 1. The first-order valence-electron chi connectivity index (χ1n) is 6.64. The molecular formula is C15H24N2O3. The number of likely N-dealkylation sites (N-methyl/N-ethyl adjacent to an activating group) is 2. The Bertz CT molecular complexity index is 435. The Labute approximate surface area is 120 Å². The standard InChI is InChI=1S/C15H24N2O3/c1-12-6-5-7-14(8-12)20-11-13(18)9-17(4)10-15(19)16(2)3/h5-8,13,18H,9-11H2,1-4H3. The van der Waals surface area contributed by atoms with Crippen molar-refractivity contribution in [3.8, 4) is 5.75 Å². The lowest BCUT2D eigenvalue weighted by atomic mass is 10.2. The fourth-order valence-corrected chi connectivity index (χ4v) is 1.75. The molecule has 0 aliphatic rings. The molecule has 20 heavy (non-hydrogen) atoms. The molecule has 1 aromatic rings. The Hall–Kier alpha value is -1.59. The maximum absolute atomic E-state index is 11.5. The van der Waals surface area contributed by atoms with E-state index in [0.29, 0.717) is 6.54 Å². The lowest BCUT2D eigenvalue weighted by Crippen LogP contribution is -2.39. The summed E-state index contributed by atoms with van der Waals surface area (Å²) in [6.07, 6.45) is -0.629. The molecule has 1 rings (SSSR count). The summed E-state index contributed by atoms with van der Waals surface area (Å²) < 4.78 is 5.53. The minimum Gasteiger partial charge on any atom is -0.491 e. The van der Waals surface area contributed by atoms with Crippen molar-refractivity contribution in [2.45, 2.75) is 13.0 Å². The topological polar surface area (TPSA) is 53.0 Å². The third-order valence-corrected chi connectivity index (χ3v) is 2.86. The highest BCUT2D eigenvalue weighted by Gasteiger charge is 2.13. The zero-order valence-corrected chi connectivity index (χ0v) is 12.7.